The molecule has 2 amide bonds. The number of ether oxygens (including phenoxy) is 2. The number of hydrogen-bond acceptors (Lipinski definition) is 6. The average molecular weight is 488 g/mol. The Morgan fingerprint density at radius 1 is 1.15 bits per heavy atom. The van der Waals surface area contributed by atoms with E-state index in [0.29, 0.717) is 42.8 Å². The third-order valence-electron chi connectivity index (χ3n) is 6.00. The Balaban J connectivity index is 1.52. The molecular weight excluding hydrogens is 458 g/mol. The van der Waals surface area contributed by atoms with Gasteiger partial charge in [0.25, 0.3) is 5.91 Å². The molecule has 2 aliphatic rings. The molecule has 0 aromatic heterocycles. The van der Waals surface area contributed by atoms with E-state index in [2.05, 4.69) is 12.2 Å². The molecule has 2 aliphatic heterocycles. The van der Waals surface area contributed by atoms with Crippen LogP contribution in [0, 0.1) is 5.92 Å². The summed E-state index contributed by atoms with van der Waals surface area (Å²) in [5.41, 5.74) is 0.828. The SMILES string of the molecule is CCOc1ccc(NC(=O)CN2C(=O)COc3ccc(S(=O)(=O)N4CCC(C)CC4)cc32)cc1. The maximum Gasteiger partial charge on any atom is 0.265 e. The second-order valence-corrected chi connectivity index (χ2v) is 10.4. The summed E-state index contributed by atoms with van der Waals surface area (Å²) in [6.07, 6.45) is 1.62. The lowest BCUT2D eigenvalue weighted by Gasteiger charge is -2.31. The van der Waals surface area contributed by atoms with Crippen LogP contribution in [0.5, 0.6) is 11.5 Å². The number of carbonyl (C=O) groups excluding carboxylic acids is 2. The maximum atomic E-state index is 13.2. The average Bonchev–Trinajstić information content (AvgIpc) is 2.82. The smallest absolute Gasteiger partial charge is 0.265 e. The van der Waals surface area contributed by atoms with Gasteiger partial charge in [-0.25, -0.2) is 8.42 Å². The zero-order chi connectivity index (χ0) is 24.3. The van der Waals surface area contributed by atoms with Gasteiger partial charge in [0, 0.05) is 18.8 Å². The quantitative estimate of drug-likeness (QED) is 0.644. The summed E-state index contributed by atoms with van der Waals surface area (Å²) in [7, 11) is -3.72. The van der Waals surface area contributed by atoms with Gasteiger partial charge in [0.2, 0.25) is 15.9 Å². The Bertz CT molecular complexity index is 1160. The van der Waals surface area contributed by atoms with Crippen molar-refractivity contribution in [3.63, 3.8) is 0 Å². The fraction of sp³-hybridized carbons (Fsp3) is 0.417. The third kappa shape index (κ3) is 5.18. The van der Waals surface area contributed by atoms with Gasteiger partial charge in [-0.3, -0.25) is 14.5 Å². The van der Waals surface area contributed by atoms with Crippen LogP contribution in [0.3, 0.4) is 0 Å². The van der Waals surface area contributed by atoms with E-state index in [-0.39, 0.29) is 23.7 Å². The molecule has 182 valence electrons. The topological polar surface area (TPSA) is 105 Å². The third-order valence-corrected chi connectivity index (χ3v) is 7.90. The highest BCUT2D eigenvalue weighted by molar-refractivity contribution is 7.89. The van der Waals surface area contributed by atoms with Gasteiger partial charge in [0.15, 0.2) is 6.61 Å². The van der Waals surface area contributed by atoms with Gasteiger partial charge < -0.3 is 14.8 Å². The van der Waals surface area contributed by atoms with Crippen LogP contribution in [-0.4, -0.2) is 57.4 Å². The van der Waals surface area contributed by atoms with E-state index in [1.165, 1.54) is 21.3 Å². The normalized spacial score (nSPS) is 17.1. The predicted octanol–water partition coefficient (Wildman–Crippen LogP) is 2.87. The van der Waals surface area contributed by atoms with Crippen molar-refractivity contribution in [3.05, 3.63) is 42.5 Å². The number of anilines is 2. The van der Waals surface area contributed by atoms with Crippen molar-refractivity contribution < 1.29 is 27.5 Å². The van der Waals surface area contributed by atoms with Crippen molar-refractivity contribution in [2.75, 3.05) is 43.1 Å². The first kappa shape index (κ1) is 24.0. The van der Waals surface area contributed by atoms with Crippen LogP contribution in [0.1, 0.15) is 26.7 Å². The van der Waals surface area contributed by atoms with E-state index < -0.39 is 21.8 Å². The molecule has 0 saturated carbocycles. The number of hydrogen-bond donors (Lipinski definition) is 1. The second kappa shape index (κ2) is 10.0. The zero-order valence-corrected chi connectivity index (χ0v) is 20.1. The summed E-state index contributed by atoms with van der Waals surface area (Å²) in [6.45, 7) is 4.97. The molecule has 34 heavy (non-hydrogen) atoms. The molecule has 0 bridgehead atoms. The van der Waals surface area contributed by atoms with E-state index in [9.17, 15) is 18.0 Å². The molecule has 1 fully saturated rings. The van der Waals surface area contributed by atoms with Gasteiger partial charge in [0.1, 0.15) is 18.0 Å². The number of nitrogens with zero attached hydrogens (tertiary/aromatic N) is 2. The van der Waals surface area contributed by atoms with E-state index >= 15 is 0 Å². The van der Waals surface area contributed by atoms with Crippen molar-refractivity contribution >= 4 is 33.2 Å². The molecule has 0 atom stereocenters. The number of rotatable bonds is 7. The van der Waals surface area contributed by atoms with Crippen molar-refractivity contribution in [2.24, 2.45) is 5.92 Å². The molecule has 2 aromatic rings. The maximum absolute atomic E-state index is 13.2. The van der Waals surface area contributed by atoms with Gasteiger partial charge in [-0.2, -0.15) is 4.31 Å². The first-order valence-electron chi connectivity index (χ1n) is 11.4. The van der Waals surface area contributed by atoms with Gasteiger partial charge in [-0.05, 0) is 68.1 Å². The van der Waals surface area contributed by atoms with Crippen molar-refractivity contribution in [3.8, 4) is 11.5 Å². The molecule has 0 unspecified atom stereocenters. The Hall–Kier alpha value is -3.11. The summed E-state index contributed by atoms with van der Waals surface area (Å²) < 4.78 is 38.8. The minimum Gasteiger partial charge on any atom is -0.494 e. The van der Waals surface area contributed by atoms with E-state index in [1.807, 2.05) is 6.92 Å². The van der Waals surface area contributed by atoms with Crippen molar-refractivity contribution in [1.29, 1.82) is 0 Å². The lowest BCUT2D eigenvalue weighted by Crippen LogP contribution is -2.43. The number of piperidine rings is 1. The highest BCUT2D eigenvalue weighted by atomic mass is 32.2. The monoisotopic (exact) mass is 487 g/mol. The molecule has 2 heterocycles. The highest BCUT2D eigenvalue weighted by Gasteiger charge is 2.32. The van der Waals surface area contributed by atoms with Gasteiger partial charge in [0.05, 0.1) is 17.2 Å². The number of benzene rings is 2. The first-order valence-corrected chi connectivity index (χ1v) is 12.8. The lowest BCUT2D eigenvalue weighted by atomic mass is 10.0. The largest absolute Gasteiger partial charge is 0.494 e. The minimum atomic E-state index is -3.72. The van der Waals surface area contributed by atoms with Gasteiger partial charge in [-0.1, -0.05) is 6.92 Å². The molecule has 2 aromatic carbocycles. The summed E-state index contributed by atoms with van der Waals surface area (Å²) in [6, 6.07) is 11.4. The van der Waals surface area contributed by atoms with Crippen LogP contribution in [0.2, 0.25) is 0 Å². The number of fused-ring (bicyclic) bond motifs is 1. The molecule has 0 radical (unpaired) electrons. The van der Waals surface area contributed by atoms with Crippen LogP contribution < -0.4 is 19.7 Å². The van der Waals surface area contributed by atoms with E-state index in [1.54, 1.807) is 30.3 Å². The minimum absolute atomic E-state index is 0.0797. The Morgan fingerprint density at radius 2 is 1.85 bits per heavy atom. The van der Waals surface area contributed by atoms with Gasteiger partial charge >= 0.3 is 0 Å². The summed E-state index contributed by atoms with van der Waals surface area (Å²) >= 11 is 0. The molecule has 9 nitrogen and oxygen atoms in total. The molecule has 0 spiro atoms. The van der Waals surface area contributed by atoms with Crippen LogP contribution >= 0.6 is 0 Å². The summed E-state index contributed by atoms with van der Waals surface area (Å²) in [5.74, 6) is 0.707. The number of amides is 2. The molecule has 1 N–H and O–H groups in total. The van der Waals surface area contributed by atoms with Crippen molar-refractivity contribution in [1.82, 2.24) is 4.31 Å². The first-order chi connectivity index (χ1) is 16.3. The predicted molar refractivity (Wildman–Crippen MR) is 128 cm³/mol. The van der Waals surface area contributed by atoms with Crippen LogP contribution in [-0.2, 0) is 19.6 Å². The molecule has 1 saturated heterocycles. The van der Waals surface area contributed by atoms with Crippen molar-refractivity contribution in [2.45, 2.75) is 31.6 Å². The number of carbonyl (C=O) groups is 2. The van der Waals surface area contributed by atoms with Gasteiger partial charge in [-0.15, -0.1) is 0 Å². The molecule has 10 heteroatoms. The van der Waals surface area contributed by atoms with Crippen LogP contribution in [0.25, 0.3) is 0 Å². The number of sulfonamides is 1. The number of nitrogens with one attached hydrogen (secondary N) is 1. The Morgan fingerprint density at radius 3 is 2.53 bits per heavy atom. The standard InChI is InChI=1S/C24H29N3O6S/c1-3-32-19-6-4-18(5-7-19)25-23(28)15-27-21-14-20(8-9-22(21)33-16-24(27)29)34(30,31)26-12-10-17(2)11-13-26/h4-9,14,17H,3,10-13,15-16H2,1-2H3,(H,25,28). The van der Waals surface area contributed by atoms with E-state index in [4.69, 9.17) is 9.47 Å². The highest BCUT2D eigenvalue weighted by Crippen LogP contribution is 2.35. The second-order valence-electron chi connectivity index (χ2n) is 8.49. The molecular formula is C24H29N3O6S. The fourth-order valence-corrected chi connectivity index (χ4v) is 5.53. The summed E-state index contributed by atoms with van der Waals surface area (Å²) in [5, 5.41) is 2.75. The fourth-order valence-electron chi connectivity index (χ4n) is 4.04. The Labute approximate surface area is 199 Å². The van der Waals surface area contributed by atoms with Crippen LogP contribution in [0.15, 0.2) is 47.4 Å². The lowest BCUT2D eigenvalue weighted by molar-refractivity contribution is -0.123. The molecule has 4 rings (SSSR count). The zero-order valence-electron chi connectivity index (χ0n) is 19.3. The Kier molecular flexibility index (Phi) is 7.08. The summed E-state index contributed by atoms with van der Waals surface area (Å²) in [4.78, 5) is 26.7. The molecule has 0 aliphatic carbocycles. The van der Waals surface area contributed by atoms with Crippen LogP contribution in [0.4, 0.5) is 11.4 Å². The van der Waals surface area contributed by atoms with E-state index in [0.717, 1.165) is 12.8 Å².